The molecule has 0 unspecified atom stereocenters. The van der Waals surface area contributed by atoms with Crippen LogP contribution in [0.15, 0.2) is 19.2 Å². The van der Waals surface area contributed by atoms with Crippen LogP contribution in [0, 0.1) is 6.92 Å². The SMILES string of the molecule is Cc1nnc(-n2c(=O)c3nc4c(=O)n(C)c(=O)c4nc3c2=O)s1. The molecule has 0 aliphatic carbocycles. The maximum absolute atomic E-state index is 12.4. The first-order valence-electron chi connectivity index (χ1n) is 6.33. The highest BCUT2D eigenvalue weighted by atomic mass is 32.1. The third kappa shape index (κ3) is 1.61. The van der Waals surface area contributed by atoms with Gasteiger partial charge in [0.2, 0.25) is 5.13 Å². The van der Waals surface area contributed by atoms with Gasteiger partial charge in [-0.25, -0.2) is 14.5 Å². The number of aryl methyl sites for hydroxylation is 1. The van der Waals surface area contributed by atoms with Gasteiger partial charge < -0.3 is 0 Å². The summed E-state index contributed by atoms with van der Waals surface area (Å²) >= 11 is 1.06. The highest BCUT2D eigenvalue weighted by Gasteiger charge is 2.23. The summed E-state index contributed by atoms with van der Waals surface area (Å²) in [7, 11) is 1.28. The van der Waals surface area contributed by atoms with Crippen molar-refractivity contribution >= 4 is 33.4 Å². The van der Waals surface area contributed by atoms with Crippen molar-refractivity contribution < 1.29 is 0 Å². The average molecular weight is 330 g/mol. The maximum atomic E-state index is 12.4. The molecule has 0 saturated heterocycles. The van der Waals surface area contributed by atoms with E-state index in [0.717, 1.165) is 20.5 Å². The number of nitrogens with zero attached hydrogens (tertiary/aromatic N) is 6. The van der Waals surface area contributed by atoms with Crippen molar-refractivity contribution in [2.45, 2.75) is 6.92 Å². The Morgan fingerprint density at radius 1 is 0.783 bits per heavy atom. The Morgan fingerprint density at radius 3 is 1.70 bits per heavy atom. The minimum Gasteiger partial charge on any atom is -0.275 e. The van der Waals surface area contributed by atoms with E-state index in [1.165, 1.54) is 7.05 Å². The Hall–Kier alpha value is -3.08. The molecule has 0 aromatic carbocycles. The van der Waals surface area contributed by atoms with Crippen LogP contribution >= 0.6 is 11.3 Å². The van der Waals surface area contributed by atoms with Gasteiger partial charge in [-0.05, 0) is 6.92 Å². The monoisotopic (exact) mass is 330 g/mol. The summed E-state index contributed by atoms with van der Waals surface area (Å²) < 4.78 is 1.63. The Labute approximate surface area is 129 Å². The normalized spacial score (nSPS) is 11.7. The fraction of sp³-hybridized carbons (Fsp3) is 0.167. The molecule has 0 atom stereocenters. The van der Waals surface area contributed by atoms with Crippen LogP contribution in [-0.2, 0) is 7.05 Å². The summed E-state index contributed by atoms with van der Waals surface area (Å²) in [5, 5.41) is 8.18. The topological polar surface area (TPSA) is 130 Å². The van der Waals surface area contributed by atoms with Gasteiger partial charge in [-0.3, -0.25) is 23.7 Å². The third-order valence-corrected chi connectivity index (χ3v) is 4.25. The zero-order chi connectivity index (χ0) is 16.5. The lowest BCUT2D eigenvalue weighted by molar-refractivity contribution is 0.854. The fourth-order valence-electron chi connectivity index (χ4n) is 2.30. The van der Waals surface area contributed by atoms with Crippen molar-refractivity contribution in [3.8, 4) is 5.13 Å². The van der Waals surface area contributed by atoms with E-state index in [2.05, 4.69) is 20.2 Å². The van der Waals surface area contributed by atoms with Crippen LogP contribution < -0.4 is 22.2 Å². The number of rotatable bonds is 1. The van der Waals surface area contributed by atoms with Crippen LogP contribution in [0.5, 0.6) is 0 Å². The lowest BCUT2D eigenvalue weighted by atomic mass is 10.4. The summed E-state index contributed by atoms with van der Waals surface area (Å²) in [6.45, 7) is 1.68. The third-order valence-electron chi connectivity index (χ3n) is 3.43. The smallest absolute Gasteiger partial charge is 0.275 e. The molecule has 0 N–H and O–H groups in total. The Bertz CT molecular complexity index is 1240. The molecule has 4 heterocycles. The molecule has 0 aliphatic rings. The zero-order valence-corrected chi connectivity index (χ0v) is 12.5. The van der Waals surface area contributed by atoms with E-state index in [1.54, 1.807) is 6.92 Å². The van der Waals surface area contributed by atoms with Crippen LogP contribution in [0.1, 0.15) is 5.01 Å². The molecule has 4 rings (SSSR count). The molecule has 0 radical (unpaired) electrons. The van der Waals surface area contributed by atoms with Gasteiger partial charge in [0, 0.05) is 7.05 Å². The predicted octanol–water partition coefficient (Wildman–Crippen LogP) is -1.61. The average Bonchev–Trinajstić information content (AvgIpc) is 3.12. The minimum absolute atomic E-state index is 0.0900. The Morgan fingerprint density at radius 2 is 1.26 bits per heavy atom. The molecular formula is C12H6N6O4S. The van der Waals surface area contributed by atoms with Crippen molar-refractivity contribution in [1.82, 2.24) is 29.3 Å². The minimum atomic E-state index is -0.744. The van der Waals surface area contributed by atoms with E-state index in [1.807, 2.05) is 0 Å². The molecule has 0 saturated carbocycles. The fourth-order valence-corrected chi connectivity index (χ4v) is 2.98. The molecule has 0 spiro atoms. The molecule has 0 bridgehead atoms. The summed E-state index contributed by atoms with van der Waals surface area (Å²) in [6.07, 6.45) is 0. The Kier molecular flexibility index (Phi) is 2.49. The van der Waals surface area contributed by atoms with Gasteiger partial charge in [0.1, 0.15) is 5.01 Å². The van der Waals surface area contributed by atoms with Gasteiger partial charge in [-0.1, -0.05) is 11.3 Å². The molecule has 4 aromatic rings. The molecule has 0 fully saturated rings. The van der Waals surface area contributed by atoms with Gasteiger partial charge in [-0.2, -0.15) is 0 Å². The van der Waals surface area contributed by atoms with Gasteiger partial charge in [0.15, 0.2) is 22.1 Å². The largest absolute Gasteiger partial charge is 0.288 e. The summed E-state index contributed by atoms with van der Waals surface area (Å²) in [5.41, 5.74) is -3.80. The molecule has 11 heteroatoms. The molecule has 114 valence electrons. The number of hydrogen-bond donors (Lipinski definition) is 0. The van der Waals surface area contributed by atoms with E-state index in [4.69, 9.17) is 0 Å². The second kappa shape index (κ2) is 4.23. The number of hydrogen-bond acceptors (Lipinski definition) is 9. The van der Waals surface area contributed by atoms with Gasteiger partial charge in [0.25, 0.3) is 22.2 Å². The molecular weight excluding hydrogens is 324 g/mol. The maximum Gasteiger partial charge on any atom is 0.288 e. The highest BCUT2D eigenvalue weighted by molar-refractivity contribution is 7.13. The van der Waals surface area contributed by atoms with Crippen LogP contribution in [0.25, 0.3) is 27.2 Å². The number of aromatic nitrogens is 6. The van der Waals surface area contributed by atoms with Crippen LogP contribution in [-0.4, -0.2) is 29.3 Å². The molecule has 23 heavy (non-hydrogen) atoms. The zero-order valence-electron chi connectivity index (χ0n) is 11.7. The highest BCUT2D eigenvalue weighted by Crippen LogP contribution is 2.12. The first-order valence-corrected chi connectivity index (χ1v) is 7.15. The summed E-state index contributed by atoms with van der Waals surface area (Å²) in [6, 6.07) is 0. The van der Waals surface area contributed by atoms with E-state index >= 15 is 0 Å². The first kappa shape index (κ1) is 13.6. The van der Waals surface area contributed by atoms with E-state index in [-0.39, 0.29) is 27.2 Å². The van der Waals surface area contributed by atoms with Crippen LogP contribution in [0.3, 0.4) is 0 Å². The quantitative estimate of drug-likeness (QED) is 0.407. The summed E-state index contributed by atoms with van der Waals surface area (Å²) in [4.78, 5) is 56.5. The van der Waals surface area contributed by atoms with Crippen molar-refractivity contribution in [2.24, 2.45) is 7.05 Å². The second-order valence-corrected chi connectivity index (χ2v) is 6.00. The van der Waals surface area contributed by atoms with E-state index < -0.39 is 22.2 Å². The first-order chi connectivity index (χ1) is 10.9. The molecule has 10 nitrogen and oxygen atoms in total. The molecule has 0 amide bonds. The van der Waals surface area contributed by atoms with Crippen molar-refractivity contribution in [2.75, 3.05) is 0 Å². The second-order valence-electron chi connectivity index (χ2n) is 4.84. The lowest BCUT2D eigenvalue weighted by Gasteiger charge is -1.88. The van der Waals surface area contributed by atoms with Crippen LogP contribution in [0.4, 0.5) is 0 Å². The van der Waals surface area contributed by atoms with Gasteiger partial charge in [0.05, 0.1) is 0 Å². The Balaban J connectivity index is 2.22. The van der Waals surface area contributed by atoms with Crippen LogP contribution in [0.2, 0.25) is 0 Å². The molecule has 0 aliphatic heterocycles. The molecule has 4 aromatic heterocycles. The van der Waals surface area contributed by atoms with Crippen molar-refractivity contribution in [1.29, 1.82) is 0 Å². The predicted molar refractivity (Wildman–Crippen MR) is 81.0 cm³/mol. The van der Waals surface area contributed by atoms with Crippen molar-refractivity contribution in [3.63, 3.8) is 0 Å². The standard InChI is InChI=1S/C12H6N6O4S/c1-3-15-16-12(23-3)18-10(21)6-7(11(18)22)14-5-4(13-6)8(19)17(2)9(5)20/h1-2H3. The summed E-state index contributed by atoms with van der Waals surface area (Å²) in [5.74, 6) is 0. The lowest BCUT2D eigenvalue weighted by Crippen LogP contribution is -2.23. The number of fused-ring (bicyclic) bond motifs is 2. The van der Waals surface area contributed by atoms with Gasteiger partial charge >= 0.3 is 0 Å². The van der Waals surface area contributed by atoms with Gasteiger partial charge in [-0.15, -0.1) is 10.2 Å². The van der Waals surface area contributed by atoms with E-state index in [9.17, 15) is 19.2 Å². The van der Waals surface area contributed by atoms with Crippen molar-refractivity contribution in [3.05, 3.63) is 46.4 Å². The van der Waals surface area contributed by atoms with E-state index in [0.29, 0.717) is 5.01 Å².